The largest absolute Gasteiger partial charge is 0.388 e. The first-order chi connectivity index (χ1) is 12.0. The number of amides is 1. The molecule has 2 aromatic heterocycles. The van der Waals surface area contributed by atoms with E-state index in [9.17, 15) is 23.5 Å². The molecule has 2 atom stereocenters. The van der Waals surface area contributed by atoms with Crippen molar-refractivity contribution < 1.29 is 23.4 Å². The number of H-pyrrole nitrogens is 1. The molecule has 0 unspecified atom stereocenters. The van der Waals surface area contributed by atoms with Gasteiger partial charge in [-0.1, -0.05) is 0 Å². The Morgan fingerprint density at radius 2 is 2.20 bits per heavy atom. The fourth-order valence-corrected chi connectivity index (χ4v) is 2.34. The number of alkyl halides is 2. The summed E-state index contributed by atoms with van der Waals surface area (Å²) in [4.78, 5) is 27.7. The maximum atomic E-state index is 12.5. The van der Waals surface area contributed by atoms with Crippen molar-refractivity contribution in [1.29, 1.82) is 0 Å². The second-order valence-corrected chi connectivity index (χ2v) is 5.45. The molecule has 0 spiro atoms. The average molecular weight is 352 g/mol. The minimum Gasteiger partial charge on any atom is -0.388 e. The van der Waals surface area contributed by atoms with Crippen LogP contribution in [0.25, 0.3) is 11.3 Å². The van der Waals surface area contributed by atoms with Crippen LogP contribution in [0.1, 0.15) is 22.5 Å². The molecule has 2 aromatic rings. The predicted octanol–water partition coefficient (Wildman–Crippen LogP) is 0.259. The summed E-state index contributed by atoms with van der Waals surface area (Å²) in [6, 6.07) is 3.12. The molecule has 3 heterocycles. The van der Waals surface area contributed by atoms with Crippen LogP contribution >= 0.6 is 0 Å². The lowest BCUT2D eigenvalue weighted by Crippen LogP contribution is -2.44. The van der Waals surface area contributed by atoms with E-state index in [4.69, 9.17) is 4.74 Å². The minimum atomic E-state index is -2.70. The number of pyridine rings is 1. The molecule has 1 aliphatic heterocycles. The number of carbonyl (C=O) groups is 1. The van der Waals surface area contributed by atoms with Crippen molar-refractivity contribution in [2.75, 3.05) is 13.2 Å². The van der Waals surface area contributed by atoms with Gasteiger partial charge < -0.3 is 15.2 Å². The number of nitrogens with one attached hydrogen (secondary N) is 2. The van der Waals surface area contributed by atoms with E-state index in [0.717, 1.165) is 6.07 Å². The fourth-order valence-electron chi connectivity index (χ4n) is 2.34. The van der Waals surface area contributed by atoms with E-state index in [1.165, 1.54) is 18.3 Å². The molecule has 3 N–H and O–H groups in total. The SMILES string of the molecule is O=C(N[C@H]1COC[C@H]1O)c1cc(-c2ccc(C(F)F)nc2)n[nH]c1=O. The summed E-state index contributed by atoms with van der Waals surface area (Å²) in [6.07, 6.45) is -2.37. The number of aliphatic hydroxyl groups excluding tert-OH is 1. The van der Waals surface area contributed by atoms with Gasteiger partial charge in [-0.05, 0) is 18.2 Å². The number of aliphatic hydroxyl groups is 1. The summed E-state index contributed by atoms with van der Waals surface area (Å²) in [5, 5.41) is 18.1. The standard InChI is InChI=1S/C15H14F2N4O4/c16-13(17)9-2-1-7(4-18-9)10-3-8(15(24)21-20-10)14(23)19-11-5-25-6-12(11)22/h1-4,11-13,22H,5-6H2,(H,19,23)(H,21,24)/t11-,12+/m0/s1. The quantitative estimate of drug-likeness (QED) is 0.727. The molecule has 25 heavy (non-hydrogen) atoms. The summed E-state index contributed by atoms with van der Waals surface area (Å²) in [7, 11) is 0. The average Bonchev–Trinajstić information content (AvgIpc) is 3.00. The highest BCUT2D eigenvalue weighted by Crippen LogP contribution is 2.20. The van der Waals surface area contributed by atoms with Gasteiger partial charge in [-0.3, -0.25) is 14.6 Å². The van der Waals surface area contributed by atoms with E-state index in [1.54, 1.807) is 0 Å². The first-order valence-electron chi connectivity index (χ1n) is 7.36. The van der Waals surface area contributed by atoms with Crippen LogP contribution in [0.15, 0.2) is 29.2 Å². The van der Waals surface area contributed by atoms with E-state index in [0.29, 0.717) is 5.56 Å². The summed E-state index contributed by atoms with van der Waals surface area (Å²) < 4.78 is 30.1. The molecule has 132 valence electrons. The van der Waals surface area contributed by atoms with E-state index in [-0.39, 0.29) is 30.2 Å². The highest BCUT2D eigenvalue weighted by molar-refractivity contribution is 5.94. The number of halogens is 2. The molecule has 0 saturated carbocycles. The van der Waals surface area contributed by atoms with Gasteiger partial charge in [-0.15, -0.1) is 0 Å². The summed E-state index contributed by atoms with van der Waals surface area (Å²) in [6.45, 7) is 0.243. The van der Waals surface area contributed by atoms with Crippen molar-refractivity contribution in [2.24, 2.45) is 0 Å². The molecule has 8 nitrogen and oxygen atoms in total. The van der Waals surface area contributed by atoms with Crippen molar-refractivity contribution in [3.05, 3.63) is 46.0 Å². The number of aromatic amines is 1. The zero-order chi connectivity index (χ0) is 18.0. The number of carbonyl (C=O) groups excluding carboxylic acids is 1. The Balaban J connectivity index is 1.84. The second kappa shape index (κ2) is 7.03. The van der Waals surface area contributed by atoms with Gasteiger partial charge in [-0.25, -0.2) is 13.9 Å². The fraction of sp³-hybridized carbons (Fsp3) is 0.333. The Hall–Kier alpha value is -2.72. The maximum Gasteiger partial charge on any atom is 0.280 e. The molecule has 1 aliphatic rings. The number of aromatic nitrogens is 3. The van der Waals surface area contributed by atoms with E-state index >= 15 is 0 Å². The zero-order valence-corrected chi connectivity index (χ0v) is 12.8. The normalized spacial score (nSPS) is 20.0. The van der Waals surface area contributed by atoms with Crippen LogP contribution in [0.5, 0.6) is 0 Å². The van der Waals surface area contributed by atoms with Gasteiger partial charge in [0.1, 0.15) is 11.3 Å². The third-order valence-electron chi connectivity index (χ3n) is 3.72. The maximum absolute atomic E-state index is 12.5. The van der Waals surface area contributed by atoms with Crippen molar-refractivity contribution in [2.45, 2.75) is 18.6 Å². The second-order valence-electron chi connectivity index (χ2n) is 5.45. The number of ether oxygens (including phenoxy) is 1. The highest BCUT2D eigenvalue weighted by Gasteiger charge is 2.28. The molecule has 1 fully saturated rings. The van der Waals surface area contributed by atoms with E-state index in [2.05, 4.69) is 20.5 Å². The van der Waals surface area contributed by atoms with Gasteiger partial charge in [0, 0.05) is 11.8 Å². The van der Waals surface area contributed by atoms with Crippen molar-refractivity contribution in [3.8, 4) is 11.3 Å². The first kappa shape index (κ1) is 17.1. The Morgan fingerprint density at radius 1 is 1.40 bits per heavy atom. The van der Waals surface area contributed by atoms with Crippen molar-refractivity contribution in [3.63, 3.8) is 0 Å². The van der Waals surface area contributed by atoms with Gasteiger partial charge in [0.25, 0.3) is 17.9 Å². The van der Waals surface area contributed by atoms with Crippen LogP contribution in [0, 0.1) is 0 Å². The van der Waals surface area contributed by atoms with Gasteiger partial charge in [-0.2, -0.15) is 5.10 Å². The van der Waals surface area contributed by atoms with Crippen LogP contribution in [0.2, 0.25) is 0 Å². The summed E-state index contributed by atoms with van der Waals surface area (Å²) >= 11 is 0. The van der Waals surface area contributed by atoms with E-state index < -0.39 is 30.0 Å². The summed E-state index contributed by atoms with van der Waals surface area (Å²) in [5.74, 6) is -0.698. The molecule has 10 heteroatoms. The third-order valence-corrected chi connectivity index (χ3v) is 3.72. The topological polar surface area (TPSA) is 117 Å². The third kappa shape index (κ3) is 3.69. The molecule has 3 rings (SSSR count). The monoisotopic (exact) mass is 352 g/mol. The Kier molecular flexibility index (Phi) is 4.81. The molecule has 1 saturated heterocycles. The van der Waals surface area contributed by atoms with Crippen LogP contribution in [-0.2, 0) is 4.74 Å². The molecule has 0 bridgehead atoms. The Labute approximate surface area is 139 Å². The number of nitrogens with zero attached hydrogens (tertiary/aromatic N) is 2. The minimum absolute atomic E-state index is 0.102. The lowest BCUT2D eigenvalue weighted by atomic mass is 10.1. The Morgan fingerprint density at radius 3 is 2.80 bits per heavy atom. The highest BCUT2D eigenvalue weighted by atomic mass is 19.3. The molecule has 1 amide bonds. The number of hydrogen-bond acceptors (Lipinski definition) is 6. The first-order valence-corrected chi connectivity index (χ1v) is 7.36. The van der Waals surface area contributed by atoms with Crippen LogP contribution in [-0.4, -0.2) is 51.6 Å². The lowest BCUT2D eigenvalue weighted by molar-refractivity contribution is 0.0884. The van der Waals surface area contributed by atoms with Gasteiger partial charge in [0.05, 0.1) is 31.1 Å². The van der Waals surface area contributed by atoms with Crippen LogP contribution in [0.4, 0.5) is 8.78 Å². The molecule has 0 aliphatic carbocycles. The molecular weight excluding hydrogens is 338 g/mol. The van der Waals surface area contributed by atoms with Gasteiger partial charge >= 0.3 is 0 Å². The molecule has 0 aromatic carbocycles. The lowest BCUT2D eigenvalue weighted by Gasteiger charge is -2.14. The molecule has 0 radical (unpaired) electrons. The van der Waals surface area contributed by atoms with Gasteiger partial charge in [0.15, 0.2) is 0 Å². The molecular formula is C15H14F2N4O4. The summed E-state index contributed by atoms with van der Waals surface area (Å²) in [5.41, 5.74) is -0.768. The Bertz CT molecular complexity index is 825. The van der Waals surface area contributed by atoms with Gasteiger partial charge in [0.2, 0.25) is 0 Å². The number of hydrogen-bond donors (Lipinski definition) is 3. The van der Waals surface area contributed by atoms with E-state index in [1.807, 2.05) is 0 Å². The van der Waals surface area contributed by atoms with Crippen LogP contribution in [0.3, 0.4) is 0 Å². The smallest absolute Gasteiger partial charge is 0.280 e. The van der Waals surface area contributed by atoms with Crippen LogP contribution < -0.4 is 10.9 Å². The number of rotatable bonds is 4. The zero-order valence-electron chi connectivity index (χ0n) is 12.8. The van der Waals surface area contributed by atoms with Crippen molar-refractivity contribution >= 4 is 5.91 Å². The van der Waals surface area contributed by atoms with Crippen molar-refractivity contribution in [1.82, 2.24) is 20.5 Å². The predicted molar refractivity (Wildman–Crippen MR) is 81.1 cm³/mol.